The molecule has 0 spiro atoms. The minimum absolute atomic E-state index is 0.809. The van der Waals surface area contributed by atoms with Crippen molar-refractivity contribution in [3.05, 3.63) is 0 Å². The second kappa shape index (κ2) is 4.54. The smallest absolute Gasteiger partial charge is 0.280 e. The van der Waals surface area contributed by atoms with Crippen LogP contribution in [-0.2, 0) is 4.74 Å². The van der Waals surface area contributed by atoms with Gasteiger partial charge in [-0.1, -0.05) is 6.92 Å². The zero-order chi connectivity index (χ0) is 12.3. The zero-order valence-electron chi connectivity index (χ0n) is 7.68. The third-order valence-corrected chi connectivity index (χ3v) is 1.47. The average molecular weight is 242 g/mol. The van der Waals surface area contributed by atoms with Gasteiger partial charge in [-0.3, -0.25) is 4.74 Å². The number of ether oxygens (including phenoxy) is 1. The lowest BCUT2D eigenvalue weighted by atomic mass is 10.2. The Morgan fingerprint density at radius 2 is 1.47 bits per heavy atom. The minimum Gasteiger partial charge on any atom is -0.280 e. The summed E-state index contributed by atoms with van der Waals surface area (Å²) in [5.74, 6) is -3.38. The maximum Gasteiger partial charge on any atom is 0.397 e. The average Bonchev–Trinajstić information content (AvgIpc) is 1.98. The summed E-state index contributed by atoms with van der Waals surface area (Å²) in [4.78, 5) is 0. The highest BCUT2D eigenvalue weighted by atomic mass is 19.4. The summed E-state index contributed by atoms with van der Waals surface area (Å²) in [6, 6.07) is 0. The molecule has 0 saturated heterocycles. The van der Waals surface area contributed by atoms with E-state index in [9.17, 15) is 30.7 Å². The molecule has 0 rings (SSSR count). The van der Waals surface area contributed by atoms with Crippen molar-refractivity contribution in [2.24, 2.45) is 0 Å². The molecule has 1 unspecified atom stereocenters. The van der Waals surface area contributed by atoms with E-state index in [1.807, 2.05) is 0 Å². The lowest BCUT2D eigenvalue weighted by Gasteiger charge is -2.27. The lowest BCUT2D eigenvalue weighted by Crippen LogP contribution is -2.40. The van der Waals surface area contributed by atoms with Crippen LogP contribution in [0.1, 0.15) is 19.8 Å². The van der Waals surface area contributed by atoms with E-state index >= 15 is 0 Å². The second-order valence-corrected chi connectivity index (χ2v) is 2.90. The normalized spacial score (nSPS) is 17.6. The first-order valence-electron chi connectivity index (χ1n) is 3.93. The number of hydrogen-bond donors (Lipinski definition) is 0. The molecule has 0 heterocycles. The van der Waals surface area contributed by atoms with Gasteiger partial charge in [0.1, 0.15) is 13.1 Å². The predicted octanol–water partition coefficient (Wildman–Crippen LogP) is 3.59. The van der Waals surface area contributed by atoms with Crippen LogP contribution in [0.15, 0.2) is 0 Å². The van der Waals surface area contributed by atoms with E-state index in [4.69, 9.17) is 0 Å². The molecule has 0 amide bonds. The molecule has 0 aliphatic heterocycles. The topological polar surface area (TPSA) is 9.23 Å². The van der Waals surface area contributed by atoms with Crippen molar-refractivity contribution in [1.82, 2.24) is 0 Å². The molecule has 1 nitrogen and oxygen atoms in total. The minimum atomic E-state index is -5.21. The fourth-order valence-electron chi connectivity index (χ4n) is 0.731. The van der Waals surface area contributed by atoms with Crippen molar-refractivity contribution in [2.45, 2.75) is 37.9 Å². The van der Waals surface area contributed by atoms with Gasteiger partial charge in [0.15, 0.2) is 0 Å². The molecule has 92 valence electrons. The van der Waals surface area contributed by atoms with Crippen molar-refractivity contribution in [3.8, 4) is 0 Å². The van der Waals surface area contributed by atoms with Crippen LogP contribution < -0.4 is 0 Å². The quantitative estimate of drug-likeness (QED) is 0.669. The highest BCUT2D eigenvalue weighted by molar-refractivity contribution is 4.70. The lowest BCUT2D eigenvalue weighted by molar-refractivity contribution is -0.360. The van der Waals surface area contributed by atoms with Gasteiger partial charge in [0.05, 0.1) is 0 Å². The van der Waals surface area contributed by atoms with E-state index < -0.39 is 37.7 Å². The molecule has 0 N–H and O–H groups in total. The molecule has 0 aliphatic rings. The molecule has 0 fully saturated rings. The molecule has 0 aromatic heterocycles. The number of alkyl halides is 7. The van der Waals surface area contributed by atoms with Crippen molar-refractivity contribution in [2.75, 3.05) is 6.67 Å². The first-order valence-corrected chi connectivity index (χ1v) is 3.93. The fraction of sp³-hybridized carbons (Fsp3) is 1.00. The number of hydrogen-bond acceptors (Lipinski definition) is 1. The Morgan fingerprint density at radius 1 is 1.00 bits per heavy atom. The summed E-state index contributed by atoms with van der Waals surface area (Å²) in [5, 5.41) is 0. The Labute approximate surface area is 81.2 Å². The molecule has 0 radical (unpaired) electrons. The van der Waals surface area contributed by atoms with E-state index in [0.29, 0.717) is 0 Å². The Kier molecular flexibility index (Phi) is 4.38. The van der Waals surface area contributed by atoms with E-state index in [-0.39, 0.29) is 0 Å². The van der Waals surface area contributed by atoms with Gasteiger partial charge in [-0.15, -0.1) is 0 Å². The van der Waals surface area contributed by atoms with E-state index in [1.165, 1.54) is 0 Å². The SMILES string of the molecule is CCC(F)(CF)OC(F)(F)CC(F)(F)F. The third-order valence-electron chi connectivity index (χ3n) is 1.47. The largest absolute Gasteiger partial charge is 0.397 e. The Balaban J connectivity index is 4.49. The van der Waals surface area contributed by atoms with Crippen LogP contribution in [0, 0.1) is 0 Å². The van der Waals surface area contributed by atoms with Crippen molar-refractivity contribution in [1.29, 1.82) is 0 Å². The van der Waals surface area contributed by atoms with Crippen LogP contribution in [-0.4, -0.2) is 24.8 Å². The summed E-state index contributed by atoms with van der Waals surface area (Å²) < 4.78 is 87.5. The molecule has 0 bridgehead atoms. The molecule has 1 atom stereocenters. The van der Waals surface area contributed by atoms with E-state index in [1.54, 1.807) is 0 Å². The van der Waals surface area contributed by atoms with Gasteiger partial charge in [-0.2, -0.15) is 22.0 Å². The van der Waals surface area contributed by atoms with Crippen LogP contribution in [0.25, 0.3) is 0 Å². The molecule has 0 aliphatic carbocycles. The predicted molar refractivity (Wildman–Crippen MR) is 36.8 cm³/mol. The first-order chi connectivity index (χ1) is 6.54. The summed E-state index contributed by atoms with van der Waals surface area (Å²) in [7, 11) is 0. The maximum absolute atomic E-state index is 12.9. The molecule has 8 heteroatoms. The number of halogens is 7. The maximum atomic E-state index is 12.9. The molecule has 0 aromatic rings. The summed E-state index contributed by atoms with van der Waals surface area (Å²) in [5.41, 5.74) is 0. The van der Waals surface area contributed by atoms with Crippen LogP contribution in [0.2, 0.25) is 0 Å². The molecular weight excluding hydrogens is 233 g/mol. The van der Waals surface area contributed by atoms with Crippen molar-refractivity contribution < 1.29 is 35.5 Å². The van der Waals surface area contributed by atoms with Gasteiger partial charge in [-0.25, -0.2) is 8.78 Å². The van der Waals surface area contributed by atoms with Crippen molar-refractivity contribution >= 4 is 0 Å². The number of rotatable bonds is 5. The zero-order valence-corrected chi connectivity index (χ0v) is 7.68. The first kappa shape index (κ1) is 14.5. The van der Waals surface area contributed by atoms with Crippen molar-refractivity contribution in [3.63, 3.8) is 0 Å². The van der Waals surface area contributed by atoms with Crippen LogP contribution in [0.4, 0.5) is 30.7 Å². The third kappa shape index (κ3) is 5.81. The Hall–Kier alpha value is -0.530. The van der Waals surface area contributed by atoms with E-state index in [0.717, 1.165) is 6.92 Å². The summed E-state index contributed by atoms with van der Waals surface area (Å²) in [6.45, 7) is -0.958. The van der Waals surface area contributed by atoms with Gasteiger partial charge >= 0.3 is 12.3 Å². The Morgan fingerprint density at radius 3 is 1.73 bits per heavy atom. The van der Waals surface area contributed by atoms with Gasteiger partial charge < -0.3 is 0 Å². The van der Waals surface area contributed by atoms with Gasteiger partial charge in [-0.05, 0) is 0 Å². The van der Waals surface area contributed by atoms with Crippen LogP contribution in [0.5, 0.6) is 0 Å². The van der Waals surface area contributed by atoms with Gasteiger partial charge in [0, 0.05) is 6.42 Å². The van der Waals surface area contributed by atoms with E-state index in [2.05, 4.69) is 4.74 Å². The highest BCUT2D eigenvalue weighted by Gasteiger charge is 2.50. The monoisotopic (exact) mass is 242 g/mol. The molecule has 0 saturated carbocycles. The molecule has 15 heavy (non-hydrogen) atoms. The fourth-order valence-corrected chi connectivity index (χ4v) is 0.731. The molecule has 0 aromatic carbocycles. The highest BCUT2D eigenvalue weighted by Crippen LogP contribution is 2.36. The summed E-state index contributed by atoms with van der Waals surface area (Å²) >= 11 is 0. The van der Waals surface area contributed by atoms with Gasteiger partial charge in [0.25, 0.3) is 0 Å². The second-order valence-electron chi connectivity index (χ2n) is 2.90. The summed E-state index contributed by atoms with van der Waals surface area (Å²) in [6.07, 6.45) is -13.4. The van der Waals surface area contributed by atoms with Crippen LogP contribution >= 0.6 is 0 Å². The standard InChI is InChI=1S/C7H9F7O/c1-2-5(9,4-8)15-7(13,14)3-6(10,11)12/h2-4H2,1H3. The van der Waals surface area contributed by atoms with Gasteiger partial charge in [0.2, 0.25) is 5.85 Å². The van der Waals surface area contributed by atoms with Crippen LogP contribution in [0.3, 0.4) is 0 Å². The molecular formula is C7H9F7O. The Bertz CT molecular complexity index is 196.